The highest BCUT2D eigenvalue weighted by Crippen LogP contribution is 2.17. The molecule has 0 aliphatic carbocycles. The number of nitrogens with one attached hydrogen (secondary N) is 2. The number of guanidine groups is 1. The molecule has 2 rings (SSSR count). The third-order valence-corrected chi connectivity index (χ3v) is 3.35. The fourth-order valence-electron chi connectivity index (χ4n) is 2.16. The van der Waals surface area contributed by atoms with Crippen LogP contribution in [-0.2, 0) is 13.1 Å². The molecule has 0 aliphatic heterocycles. The number of methoxy groups -OCH3 is 1. The summed E-state index contributed by atoms with van der Waals surface area (Å²) in [7, 11) is 1.64. The zero-order chi connectivity index (χ0) is 16.5. The number of ether oxygens (including phenoxy) is 1. The maximum atomic E-state index is 13.7. The molecule has 0 unspecified atom stereocenters. The molecule has 0 amide bonds. The molecule has 2 aromatic carbocycles. The summed E-state index contributed by atoms with van der Waals surface area (Å²) in [4.78, 5) is 4.53. The normalized spacial score (nSPS) is 10.7. The Bertz CT molecular complexity index is 664. The highest BCUT2D eigenvalue weighted by Gasteiger charge is 2.04. The van der Waals surface area contributed by atoms with Gasteiger partial charge < -0.3 is 15.4 Å². The van der Waals surface area contributed by atoms with E-state index in [4.69, 9.17) is 4.74 Å². The largest absolute Gasteiger partial charge is 0.496 e. The lowest BCUT2D eigenvalue weighted by molar-refractivity contribution is 0.410. The van der Waals surface area contributed by atoms with Crippen LogP contribution in [0.25, 0.3) is 0 Å². The van der Waals surface area contributed by atoms with Crippen molar-refractivity contribution in [1.82, 2.24) is 10.6 Å². The van der Waals surface area contributed by atoms with E-state index in [9.17, 15) is 4.39 Å². The summed E-state index contributed by atoms with van der Waals surface area (Å²) >= 11 is 0. The molecule has 6 heteroatoms. The highest BCUT2D eigenvalue weighted by molar-refractivity contribution is 14.0. The fourth-order valence-corrected chi connectivity index (χ4v) is 2.16. The second-order valence-corrected chi connectivity index (χ2v) is 4.95. The van der Waals surface area contributed by atoms with Gasteiger partial charge in [0, 0.05) is 24.2 Å². The van der Waals surface area contributed by atoms with Crippen molar-refractivity contribution in [3.8, 4) is 5.75 Å². The number of hydrogen-bond acceptors (Lipinski definition) is 2. The first-order chi connectivity index (χ1) is 11.2. The molecule has 0 spiro atoms. The Morgan fingerprint density at radius 2 is 1.71 bits per heavy atom. The van der Waals surface area contributed by atoms with Gasteiger partial charge in [-0.05, 0) is 19.1 Å². The molecule has 130 valence electrons. The summed E-state index contributed by atoms with van der Waals surface area (Å²) in [6.07, 6.45) is 0. The summed E-state index contributed by atoms with van der Waals surface area (Å²) in [6, 6.07) is 14.5. The zero-order valence-corrected chi connectivity index (χ0v) is 16.2. The van der Waals surface area contributed by atoms with E-state index in [0.29, 0.717) is 24.6 Å². The van der Waals surface area contributed by atoms with Crippen molar-refractivity contribution in [2.24, 2.45) is 4.99 Å². The minimum Gasteiger partial charge on any atom is -0.496 e. The van der Waals surface area contributed by atoms with Crippen LogP contribution in [0.2, 0.25) is 0 Å². The molecule has 4 nitrogen and oxygen atoms in total. The molecule has 0 saturated heterocycles. The maximum absolute atomic E-state index is 13.7. The predicted molar refractivity (Wildman–Crippen MR) is 106 cm³/mol. The Labute approximate surface area is 159 Å². The molecule has 0 bridgehead atoms. The van der Waals surface area contributed by atoms with Crippen LogP contribution in [0.3, 0.4) is 0 Å². The number of aliphatic imine (C=N–C) groups is 1. The van der Waals surface area contributed by atoms with Crippen LogP contribution < -0.4 is 15.4 Å². The Kier molecular flexibility index (Phi) is 9.14. The third-order valence-electron chi connectivity index (χ3n) is 3.35. The first-order valence-electron chi connectivity index (χ1n) is 7.62. The first kappa shape index (κ1) is 20.2. The van der Waals surface area contributed by atoms with Gasteiger partial charge in [-0.25, -0.2) is 9.38 Å². The molecular weight excluding hydrogens is 420 g/mol. The topological polar surface area (TPSA) is 45.7 Å². The van der Waals surface area contributed by atoms with Crippen LogP contribution in [0.5, 0.6) is 5.75 Å². The number of hydrogen-bond donors (Lipinski definition) is 2. The molecule has 0 aromatic heterocycles. The van der Waals surface area contributed by atoms with Crippen LogP contribution >= 0.6 is 24.0 Å². The van der Waals surface area contributed by atoms with Gasteiger partial charge in [0.1, 0.15) is 11.6 Å². The SMILES string of the molecule is CCNC(=NCc1ccccc1OC)NCc1ccccc1F.I. The lowest BCUT2D eigenvalue weighted by atomic mass is 10.2. The number of para-hydroxylation sites is 1. The lowest BCUT2D eigenvalue weighted by Gasteiger charge is -2.12. The van der Waals surface area contributed by atoms with Crippen LogP contribution in [0.15, 0.2) is 53.5 Å². The van der Waals surface area contributed by atoms with Crippen molar-refractivity contribution in [2.45, 2.75) is 20.0 Å². The van der Waals surface area contributed by atoms with Gasteiger partial charge in [0.15, 0.2) is 5.96 Å². The molecular formula is C18H23FIN3O. The molecule has 0 heterocycles. The van der Waals surface area contributed by atoms with E-state index in [2.05, 4.69) is 15.6 Å². The summed E-state index contributed by atoms with van der Waals surface area (Å²) in [5, 5.41) is 6.30. The molecule has 24 heavy (non-hydrogen) atoms. The minimum atomic E-state index is -0.222. The smallest absolute Gasteiger partial charge is 0.191 e. The first-order valence-corrected chi connectivity index (χ1v) is 7.62. The van der Waals surface area contributed by atoms with Crippen molar-refractivity contribution in [2.75, 3.05) is 13.7 Å². The summed E-state index contributed by atoms with van der Waals surface area (Å²) in [5.41, 5.74) is 1.61. The summed E-state index contributed by atoms with van der Waals surface area (Å²) in [5.74, 6) is 1.23. The van der Waals surface area contributed by atoms with E-state index in [-0.39, 0.29) is 29.8 Å². The Hall–Kier alpha value is -1.83. The van der Waals surface area contributed by atoms with Gasteiger partial charge >= 0.3 is 0 Å². The summed E-state index contributed by atoms with van der Waals surface area (Å²) in [6.45, 7) is 3.58. The Morgan fingerprint density at radius 3 is 2.38 bits per heavy atom. The van der Waals surface area contributed by atoms with Gasteiger partial charge in [-0.15, -0.1) is 24.0 Å². The van der Waals surface area contributed by atoms with Gasteiger partial charge in [0.2, 0.25) is 0 Å². The van der Waals surface area contributed by atoms with Crippen molar-refractivity contribution in [3.05, 3.63) is 65.5 Å². The highest BCUT2D eigenvalue weighted by atomic mass is 127. The Balaban J connectivity index is 0.00000288. The molecule has 0 saturated carbocycles. The summed E-state index contributed by atoms with van der Waals surface area (Å²) < 4.78 is 19.0. The van der Waals surface area contributed by atoms with Gasteiger partial charge in [0.05, 0.1) is 13.7 Å². The van der Waals surface area contributed by atoms with Gasteiger partial charge in [-0.1, -0.05) is 36.4 Å². The molecule has 2 N–H and O–H groups in total. The fraction of sp³-hybridized carbons (Fsp3) is 0.278. The lowest BCUT2D eigenvalue weighted by Crippen LogP contribution is -2.37. The number of halogens is 2. The van der Waals surface area contributed by atoms with Gasteiger partial charge in [0.25, 0.3) is 0 Å². The van der Waals surface area contributed by atoms with Crippen molar-refractivity contribution in [1.29, 1.82) is 0 Å². The monoisotopic (exact) mass is 443 g/mol. The van der Waals surface area contributed by atoms with E-state index in [1.54, 1.807) is 19.2 Å². The standard InChI is InChI=1S/C18H22FN3O.HI/c1-3-20-18(21-12-14-8-4-6-10-16(14)19)22-13-15-9-5-7-11-17(15)23-2;/h4-11H,3,12-13H2,1-2H3,(H2,20,21,22);1H. The average Bonchev–Trinajstić information content (AvgIpc) is 2.59. The molecule has 2 aromatic rings. The van der Waals surface area contributed by atoms with Crippen LogP contribution in [0, 0.1) is 5.82 Å². The van der Waals surface area contributed by atoms with E-state index in [1.165, 1.54) is 6.07 Å². The van der Waals surface area contributed by atoms with Crippen LogP contribution in [0.1, 0.15) is 18.1 Å². The predicted octanol–water partition coefficient (Wildman–Crippen LogP) is 3.71. The van der Waals surface area contributed by atoms with Crippen molar-refractivity contribution >= 4 is 29.9 Å². The van der Waals surface area contributed by atoms with E-state index in [0.717, 1.165) is 17.9 Å². The number of rotatable bonds is 6. The average molecular weight is 443 g/mol. The van der Waals surface area contributed by atoms with Gasteiger partial charge in [-0.2, -0.15) is 0 Å². The quantitative estimate of drug-likeness (QED) is 0.407. The second kappa shape index (κ2) is 10.9. The maximum Gasteiger partial charge on any atom is 0.191 e. The molecule has 0 atom stereocenters. The number of benzene rings is 2. The van der Waals surface area contributed by atoms with Gasteiger partial charge in [-0.3, -0.25) is 0 Å². The van der Waals surface area contributed by atoms with Crippen LogP contribution in [-0.4, -0.2) is 19.6 Å². The Morgan fingerprint density at radius 1 is 1.04 bits per heavy atom. The minimum absolute atomic E-state index is 0. The van der Waals surface area contributed by atoms with E-state index >= 15 is 0 Å². The van der Waals surface area contributed by atoms with Crippen LogP contribution in [0.4, 0.5) is 4.39 Å². The van der Waals surface area contributed by atoms with E-state index in [1.807, 2.05) is 37.3 Å². The molecule has 0 aliphatic rings. The second-order valence-electron chi connectivity index (χ2n) is 4.95. The zero-order valence-electron chi connectivity index (χ0n) is 13.9. The van der Waals surface area contributed by atoms with E-state index < -0.39 is 0 Å². The van der Waals surface area contributed by atoms with Crippen molar-refractivity contribution in [3.63, 3.8) is 0 Å². The molecule has 0 radical (unpaired) electrons. The molecule has 0 fully saturated rings. The van der Waals surface area contributed by atoms with Crippen molar-refractivity contribution < 1.29 is 9.13 Å². The number of nitrogens with zero attached hydrogens (tertiary/aromatic N) is 1. The third kappa shape index (κ3) is 5.99.